The van der Waals surface area contributed by atoms with Crippen molar-refractivity contribution in [1.82, 2.24) is 20.1 Å². The van der Waals surface area contributed by atoms with Gasteiger partial charge in [0.25, 0.3) is 0 Å². The Morgan fingerprint density at radius 2 is 2.04 bits per heavy atom. The number of amides is 1. The minimum Gasteiger partial charge on any atom is -0.353 e. The van der Waals surface area contributed by atoms with E-state index in [1.807, 2.05) is 19.9 Å². The molecule has 1 heterocycles. The number of aromatic nitrogens is 3. The maximum atomic E-state index is 14.4. The van der Waals surface area contributed by atoms with Crippen molar-refractivity contribution >= 4 is 17.7 Å². The fraction of sp³-hybridized carbons (Fsp3) is 0.550. The molecule has 0 aliphatic heterocycles. The Morgan fingerprint density at radius 3 is 2.74 bits per heavy atom. The summed E-state index contributed by atoms with van der Waals surface area (Å²) in [4.78, 5) is 12.2. The molecule has 2 aromatic rings. The first-order chi connectivity index (χ1) is 13.1. The van der Waals surface area contributed by atoms with Crippen molar-refractivity contribution in [2.45, 2.75) is 69.6 Å². The summed E-state index contributed by atoms with van der Waals surface area (Å²) in [6, 6.07) is 7.08. The average Bonchev–Trinajstić information content (AvgIpc) is 3.11. The smallest absolute Gasteiger partial charge is 0.230 e. The maximum Gasteiger partial charge on any atom is 0.230 e. The molecule has 1 N–H and O–H groups in total. The standard InChI is InChI=1S/C20H27FN4OS/c1-3-14(2)22-18(26)13-27-20-24-23-19(16-11-7-8-12-17(16)21)25(20)15-9-5-4-6-10-15/h7-8,11-12,14-15H,3-6,9-10,13H2,1-2H3,(H,22,26)/t14-/m1/s1. The Hall–Kier alpha value is -1.89. The number of rotatable bonds is 7. The van der Waals surface area contributed by atoms with Crippen LogP contribution in [0.3, 0.4) is 0 Å². The van der Waals surface area contributed by atoms with Crippen LogP contribution in [0.2, 0.25) is 0 Å². The van der Waals surface area contributed by atoms with Gasteiger partial charge in [0.2, 0.25) is 5.91 Å². The van der Waals surface area contributed by atoms with Gasteiger partial charge in [-0.3, -0.25) is 9.36 Å². The molecule has 1 fully saturated rings. The first-order valence-electron chi connectivity index (χ1n) is 9.72. The zero-order chi connectivity index (χ0) is 19.2. The van der Waals surface area contributed by atoms with Crippen molar-refractivity contribution in [2.75, 3.05) is 5.75 Å². The topological polar surface area (TPSA) is 59.8 Å². The van der Waals surface area contributed by atoms with Crippen molar-refractivity contribution < 1.29 is 9.18 Å². The SMILES string of the molecule is CC[C@@H](C)NC(=O)CSc1nnc(-c2ccccc2F)n1C1CCCCC1. The number of thioether (sulfide) groups is 1. The second-order valence-corrected chi connectivity index (χ2v) is 8.06. The van der Waals surface area contributed by atoms with E-state index in [1.54, 1.807) is 12.1 Å². The van der Waals surface area contributed by atoms with Crippen LogP contribution in [-0.4, -0.2) is 32.5 Å². The third-order valence-corrected chi connectivity index (χ3v) is 6.01. The minimum absolute atomic E-state index is 0.0139. The number of halogens is 1. The van der Waals surface area contributed by atoms with E-state index in [0.717, 1.165) is 32.1 Å². The van der Waals surface area contributed by atoms with Gasteiger partial charge in [0, 0.05) is 12.1 Å². The molecule has 1 aliphatic rings. The van der Waals surface area contributed by atoms with Gasteiger partial charge in [-0.1, -0.05) is 50.1 Å². The lowest BCUT2D eigenvalue weighted by Crippen LogP contribution is -2.33. The molecule has 1 aromatic carbocycles. The van der Waals surface area contributed by atoms with Crippen LogP contribution in [0.5, 0.6) is 0 Å². The third kappa shape index (κ3) is 4.89. The highest BCUT2D eigenvalue weighted by atomic mass is 32.2. The van der Waals surface area contributed by atoms with E-state index >= 15 is 0 Å². The van der Waals surface area contributed by atoms with E-state index < -0.39 is 0 Å². The molecule has 0 unspecified atom stereocenters. The van der Waals surface area contributed by atoms with E-state index in [4.69, 9.17) is 0 Å². The zero-order valence-corrected chi connectivity index (χ0v) is 16.8. The molecule has 1 atom stereocenters. The number of carbonyl (C=O) groups is 1. The fourth-order valence-corrected chi connectivity index (χ4v) is 4.24. The Labute approximate surface area is 164 Å². The van der Waals surface area contributed by atoms with E-state index in [9.17, 15) is 9.18 Å². The summed E-state index contributed by atoms with van der Waals surface area (Å²) in [7, 11) is 0. The second kappa shape index (κ2) is 9.35. The number of carbonyl (C=O) groups excluding carboxylic acids is 1. The van der Waals surface area contributed by atoms with Crippen LogP contribution in [0.4, 0.5) is 4.39 Å². The Bertz CT molecular complexity index is 773. The molecular weight excluding hydrogens is 363 g/mol. The lowest BCUT2D eigenvalue weighted by molar-refractivity contribution is -0.119. The van der Waals surface area contributed by atoms with E-state index in [1.165, 1.54) is 24.2 Å². The van der Waals surface area contributed by atoms with Gasteiger partial charge in [0.15, 0.2) is 11.0 Å². The quantitative estimate of drug-likeness (QED) is 0.702. The maximum absolute atomic E-state index is 14.4. The van der Waals surface area contributed by atoms with Crippen molar-refractivity contribution in [1.29, 1.82) is 0 Å². The lowest BCUT2D eigenvalue weighted by atomic mass is 9.95. The molecule has 146 valence electrons. The molecule has 27 heavy (non-hydrogen) atoms. The Kier molecular flexibility index (Phi) is 6.88. The largest absolute Gasteiger partial charge is 0.353 e. The summed E-state index contributed by atoms with van der Waals surface area (Å²) in [6.45, 7) is 4.03. The molecule has 1 aromatic heterocycles. The highest BCUT2D eigenvalue weighted by Gasteiger charge is 2.25. The van der Waals surface area contributed by atoms with Crippen LogP contribution in [0, 0.1) is 5.82 Å². The van der Waals surface area contributed by atoms with Crippen LogP contribution in [-0.2, 0) is 4.79 Å². The van der Waals surface area contributed by atoms with Crippen LogP contribution < -0.4 is 5.32 Å². The molecular formula is C20H27FN4OS. The predicted octanol–water partition coefficient (Wildman–Crippen LogP) is 4.60. The normalized spacial score (nSPS) is 16.3. The molecule has 1 aliphatic carbocycles. The summed E-state index contributed by atoms with van der Waals surface area (Å²) in [5, 5.41) is 12.3. The van der Waals surface area contributed by atoms with E-state index in [0.29, 0.717) is 16.5 Å². The van der Waals surface area contributed by atoms with Gasteiger partial charge in [-0.05, 0) is 38.3 Å². The van der Waals surface area contributed by atoms with Crippen molar-refractivity contribution in [3.05, 3.63) is 30.1 Å². The zero-order valence-electron chi connectivity index (χ0n) is 15.9. The van der Waals surface area contributed by atoms with Crippen molar-refractivity contribution in [2.24, 2.45) is 0 Å². The number of benzene rings is 1. The molecule has 0 saturated heterocycles. The van der Waals surface area contributed by atoms with Gasteiger partial charge in [0.05, 0.1) is 11.3 Å². The van der Waals surface area contributed by atoms with E-state index in [2.05, 4.69) is 20.1 Å². The minimum atomic E-state index is -0.298. The van der Waals surface area contributed by atoms with Crippen molar-refractivity contribution in [3.8, 4) is 11.4 Å². The van der Waals surface area contributed by atoms with E-state index in [-0.39, 0.29) is 29.6 Å². The molecule has 5 nitrogen and oxygen atoms in total. The number of nitrogens with one attached hydrogen (secondary N) is 1. The Balaban J connectivity index is 1.85. The Morgan fingerprint density at radius 1 is 1.30 bits per heavy atom. The molecule has 0 bridgehead atoms. The van der Waals surface area contributed by atoms with Gasteiger partial charge < -0.3 is 5.32 Å². The van der Waals surface area contributed by atoms with Crippen molar-refractivity contribution in [3.63, 3.8) is 0 Å². The van der Waals surface area contributed by atoms with Crippen LogP contribution >= 0.6 is 11.8 Å². The third-order valence-electron chi connectivity index (χ3n) is 5.07. The van der Waals surface area contributed by atoms with Gasteiger partial charge in [-0.15, -0.1) is 10.2 Å². The first-order valence-corrected chi connectivity index (χ1v) is 10.7. The number of hydrogen-bond acceptors (Lipinski definition) is 4. The van der Waals surface area contributed by atoms with Gasteiger partial charge in [-0.2, -0.15) is 0 Å². The monoisotopic (exact) mass is 390 g/mol. The lowest BCUT2D eigenvalue weighted by Gasteiger charge is -2.25. The number of nitrogens with zero attached hydrogens (tertiary/aromatic N) is 3. The summed E-state index contributed by atoms with van der Waals surface area (Å²) >= 11 is 1.38. The first kappa shape index (κ1) is 19.9. The fourth-order valence-electron chi connectivity index (χ4n) is 3.42. The average molecular weight is 391 g/mol. The van der Waals surface area contributed by atoms with Gasteiger partial charge >= 0.3 is 0 Å². The number of hydrogen-bond donors (Lipinski definition) is 1. The van der Waals surface area contributed by atoms with Crippen LogP contribution in [0.1, 0.15) is 58.4 Å². The summed E-state index contributed by atoms with van der Waals surface area (Å²) in [6.07, 6.45) is 6.49. The molecule has 0 radical (unpaired) electrons. The van der Waals surface area contributed by atoms with Crippen LogP contribution in [0.25, 0.3) is 11.4 Å². The molecule has 0 spiro atoms. The second-order valence-electron chi connectivity index (χ2n) is 7.11. The summed E-state index contributed by atoms with van der Waals surface area (Å²) in [5.41, 5.74) is 0.464. The summed E-state index contributed by atoms with van der Waals surface area (Å²) < 4.78 is 16.4. The van der Waals surface area contributed by atoms with Crippen LogP contribution in [0.15, 0.2) is 29.4 Å². The highest BCUT2D eigenvalue weighted by molar-refractivity contribution is 7.99. The highest BCUT2D eigenvalue weighted by Crippen LogP contribution is 2.36. The molecule has 1 amide bonds. The predicted molar refractivity (Wildman–Crippen MR) is 106 cm³/mol. The molecule has 1 saturated carbocycles. The van der Waals surface area contributed by atoms with Gasteiger partial charge in [0.1, 0.15) is 5.82 Å². The summed E-state index contributed by atoms with van der Waals surface area (Å²) in [5.74, 6) is 0.532. The molecule has 3 rings (SSSR count). The van der Waals surface area contributed by atoms with Gasteiger partial charge in [-0.25, -0.2) is 4.39 Å². The molecule has 7 heteroatoms.